The van der Waals surface area contributed by atoms with Crippen molar-refractivity contribution in [3.8, 4) is 0 Å². The van der Waals surface area contributed by atoms with Crippen molar-refractivity contribution in [3.63, 3.8) is 0 Å². The molecule has 3 aromatic carbocycles. The first-order chi connectivity index (χ1) is 28.6. The lowest BCUT2D eigenvalue weighted by atomic mass is 9.85. The molecule has 6 amide bonds. The molecule has 15 nitrogen and oxygen atoms in total. The Morgan fingerprint density at radius 3 is 1.92 bits per heavy atom. The van der Waals surface area contributed by atoms with Gasteiger partial charge in [0.2, 0.25) is 23.6 Å². The lowest BCUT2D eigenvalue weighted by Crippen LogP contribution is -2.56. The fourth-order valence-corrected chi connectivity index (χ4v) is 7.82. The van der Waals surface area contributed by atoms with Gasteiger partial charge < -0.3 is 45.4 Å². The molecule has 0 aromatic heterocycles. The number of carbonyl (C=O) groups is 6. The number of likely N-dealkylation sites (tertiary alicyclic amines) is 1. The molecule has 2 heterocycles. The van der Waals surface area contributed by atoms with Crippen LogP contribution in [-0.2, 0) is 28.7 Å². The van der Waals surface area contributed by atoms with E-state index in [0.717, 1.165) is 29.7 Å². The van der Waals surface area contributed by atoms with E-state index in [-0.39, 0.29) is 54.6 Å². The Morgan fingerprint density at radius 2 is 1.38 bits per heavy atom. The summed E-state index contributed by atoms with van der Waals surface area (Å²) in [6.45, 7) is 5.74. The zero-order valence-electron chi connectivity index (χ0n) is 35.1. The number of halogens is 1. The molecule has 3 aromatic rings. The average Bonchev–Trinajstić information content (AvgIpc) is 3.91. The van der Waals surface area contributed by atoms with Crippen LogP contribution in [0.3, 0.4) is 0 Å². The van der Waals surface area contributed by atoms with Crippen LogP contribution in [0.5, 0.6) is 0 Å². The van der Waals surface area contributed by atoms with Crippen LogP contribution in [-0.4, -0.2) is 106 Å². The summed E-state index contributed by atoms with van der Waals surface area (Å²) in [5.74, 6) is -1.79. The summed E-state index contributed by atoms with van der Waals surface area (Å²) in [5, 5.41) is 10.8. The Kier molecular flexibility index (Phi) is 15.2. The quantitative estimate of drug-likeness (QED) is 0.167. The van der Waals surface area contributed by atoms with Gasteiger partial charge in [-0.3, -0.25) is 19.2 Å². The molecule has 0 saturated carbocycles. The minimum absolute atomic E-state index is 0.0810. The van der Waals surface area contributed by atoms with E-state index in [1.165, 1.54) is 36.2 Å². The smallest absolute Gasteiger partial charge is 0.407 e. The second-order valence-electron chi connectivity index (χ2n) is 16.1. The zero-order valence-corrected chi connectivity index (χ0v) is 35.1. The van der Waals surface area contributed by atoms with Gasteiger partial charge >= 0.3 is 12.2 Å². The Balaban J connectivity index is 1.27. The summed E-state index contributed by atoms with van der Waals surface area (Å²) in [6.07, 6.45) is 1.89. The lowest BCUT2D eigenvalue weighted by Gasteiger charge is -2.34. The molecule has 5 rings (SSSR count). The highest BCUT2D eigenvalue weighted by Crippen LogP contribution is 2.47. The summed E-state index contributed by atoms with van der Waals surface area (Å²) in [7, 11) is 4.34. The third-order valence-electron chi connectivity index (χ3n) is 10.8. The maximum absolute atomic E-state index is 14.1. The topological polar surface area (TPSA) is 179 Å². The van der Waals surface area contributed by atoms with Crippen LogP contribution >= 0.6 is 0 Å². The number of ether oxygens (including phenoxy) is 2. The van der Waals surface area contributed by atoms with Crippen molar-refractivity contribution >= 4 is 60.7 Å². The van der Waals surface area contributed by atoms with E-state index in [1.54, 1.807) is 12.1 Å². The van der Waals surface area contributed by atoms with Crippen LogP contribution in [0.15, 0.2) is 72.8 Å². The summed E-state index contributed by atoms with van der Waals surface area (Å²) in [5.41, 5.74) is 3.31. The molecule has 2 aliphatic rings. The molecule has 0 spiro atoms. The minimum Gasteiger partial charge on any atom is -0.453 e. The molecule has 2 fully saturated rings. The average molecular weight is 828 g/mol. The molecule has 60 heavy (non-hydrogen) atoms. The van der Waals surface area contributed by atoms with E-state index < -0.39 is 29.7 Å². The Labute approximate surface area is 351 Å². The maximum atomic E-state index is 14.1. The van der Waals surface area contributed by atoms with Crippen molar-refractivity contribution in [2.24, 2.45) is 5.41 Å². The third-order valence-corrected chi connectivity index (χ3v) is 10.8. The fraction of sp³-hybridized carbons (Fsp3) is 0.442. The molecular formula is C43H55BFN7O8. The van der Waals surface area contributed by atoms with Crippen molar-refractivity contribution in [1.29, 1.82) is 0 Å². The first-order valence-electron chi connectivity index (χ1n) is 20.2. The Hall–Kier alpha value is -6.13. The van der Waals surface area contributed by atoms with Crippen molar-refractivity contribution in [3.05, 3.63) is 89.7 Å². The van der Waals surface area contributed by atoms with Crippen LogP contribution < -0.4 is 26.2 Å². The highest BCUT2D eigenvalue weighted by molar-refractivity contribution is 6.09. The predicted molar refractivity (Wildman–Crippen MR) is 228 cm³/mol. The lowest BCUT2D eigenvalue weighted by molar-refractivity contribution is -0.138. The van der Waals surface area contributed by atoms with Gasteiger partial charge in [-0.2, -0.15) is 0 Å². The molecule has 2 saturated heterocycles. The zero-order chi connectivity index (χ0) is 43.6. The normalized spacial score (nSPS) is 17.9. The van der Waals surface area contributed by atoms with Crippen molar-refractivity contribution in [1.82, 2.24) is 20.4 Å². The maximum Gasteiger partial charge on any atom is 0.407 e. The SMILES string of the molecule is BCCN(CC(=O)Nc1ccc([C@H]2CC[C@@H](c3ccc(NC(=O)[C@@H]4CCCN4C(=O)CNC(=O)OC)cc3)N2c2ccc(F)cc2)cc1)C(=O)[C@@H](NC(=O)OC)C(C)(C)C. The number of nitrogens with zero attached hydrogens (tertiary/aromatic N) is 3. The van der Waals surface area contributed by atoms with Gasteiger partial charge in [-0.05, 0) is 90.8 Å². The van der Waals surface area contributed by atoms with Crippen molar-refractivity contribution < 1.29 is 42.6 Å². The van der Waals surface area contributed by atoms with E-state index in [1.807, 2.05) is 77.1 Å². The van der Waals surface area contributed by atoms with Crippen LogP contribution in [0, 0.1) is 11.2 Å². The van der Waals surface area contributed by atoms with Gasteiger partial charge in [-0.25, -0.2) is 14.0 Å². The van der Waals surface area contributed by atoms with Crippen molar-refractivity contribution in [2.45, 2.75) is 76.9 Å². The van der Waals surface area contributed by atoms with Crippen LogP contribution in [0.2, 0.25) is 6.32 Å². The fourth-order valence-electron chi connectivity index (χ4n) is 7.82. The number of methoxy groups -OCH3 is 2. The van der Waals surface area contributed by atoms with Crippen LogP contribution in [0.4, 0.5) is 31.0 Å². The van der Waals surface area contributed by atoms with E-state index in [2.05, 4.69) is 30.9 Å². The molecule has 2 aliphatic heterocycles. The number of hydrogen-bond donors (Lipinski definition) is 4. The number of anilines is 3. The van der Waals surface area contributed by atoms with Crippen LogP contribution in [0.1, 0.15) is 69.7 Å². The molecule has 0 aliphatic carbocycles. The predicted octanol–water partition coefficient (Wildman–Crippen LogP) is 4.78. The molecule has 17 heteroatoms. The Bertz CT molecular complexity index is 2000. The summed E-state index contributed by atoms with van der Waals surface area (Å²) in [4.78, 5) is 81.6. The molecule has 4 atom stereocenters. The van der Waals surface area contributed by atoms with Gasteiger partial charge in [0.25, 0.3) is 0 Å². The van der Waals surface area contributed by atoms with E-state index in [4.69, 9.17) is 4.74 Å². The third kappa shape index (κ3) is 11.3. The Morgan fingerprint density at radius 1 is 0.817 bits per heavy atom. The van der Waals surface area contributed by atoms with Gasteiger partial charge in [0.15, 0.2) is 0 Å². The molecule has 0 radical (unpaired) electrons. The summed E-state index contributed by atoms with van der Waals surface area (Å²) < 4.78 is 23.4. The number of amides is 6. The monoisotopic (exact) mass is 827 g/mol. The summed E-state index contributed by atoms with van der Waals surface area (Å²) >= 11 is 0. The molecule has 4 N–H and O–H groups in total. The molecule has 0 bridgehead atoms. The first-order valence-corrected chi connectivity index (χ1v) is 20.2. The van der Waals surface area contributed by atoms with Crippen LogP contribution in [0.25, 0.3) is 0 Å². The first kappa shape index (κ1) is 45.0. The van der Waals surface area contributed by atoms with Gasteiger partial charge in [0, 0.05) is 30.2 Å². The highest BCUT2D eigenvalue weighted by atomic mass is 19.1. The van der Waals surface area contributed by atoms with Gasteiger partial charge in [0.1, 0.15) is 32.3 Å². The highest BCUT2D eigenvalue weighted by Gasteiger charge is 2.38. The molecular weight excluding hydrogens is 772 g/mol. The molecule has 320 valence electrons. The largest absolute Gasteiger partial charge is 0.453 e. The standard InChI is InChI=1S/C43H55BFN7O8/c1-43(2,3)38(49-42(58)60-5)40(56)50(24-22-44)26-36(53)47-30-14-8-27(9-15-30)33-20-21-34(52(33)32-18-12-29(45)13-19-32)28-10-16-31(17-11-28)48-39(55)35-7-6-23-51(35)37(54)25-46-41(57)59-4/h8-19,33-35,38H,6-7,20-26,44H2,1-5H3,(H,46,57)(H,47,53)(H,48,55)(H,49,58)/t33-,34+,35+,38-/m1/s1. The number of rotatable bonds is 14. The molecule has 0 unspecified atom stereocenters. The van der Waals surface area contributed by atoms with Gasteiger partial charge in [0.05, 0.1) is 32.8 Å². The van der Waals surface area contributed by atoms with Gasteiger partial charge in [-0.15, -0.1) is 0 Å². The number of carbonyl (C=O) groups excluding carboxylic acids is 6. The second kappa shape index (κ2) is 20.2. The summed E-state index contributed by atoms with van der Waals surface area (Å²) in [6, 6.07) is 19.8. The van der Waals surface area contributed by atoms with E-state index in [9.17, 15) is 33.2 Å². The van der Waals surface area contributed by atoms with E-state index >= 15 is 0 Å². The number of hydrogen-bond acceptors (Lipinski definition) is 9. The van der Waals surface area contributed by atoms with Gasteiger partial charge in [-0.1, -0.05) is 51.4 Å². The van der Waals surface area contributed by atoms with Crippen molar-refractivity contribution in [2.75, 3.05) is 55.9 Å². The van der Waals surface area contributed by atoms with E-state index in [0.29, 0.717) is 43.6 Å². The number of benzene rings is 3. The second-order valence-corrected chi connectivity index (χ2v) is 16.1. The number of alkyl carbamates (subject to hydrolysis) is 2. The minimum atomic E-state index is -0.905. The number of nitrogens with one attached hydrogen (secondary N) is 4.